The number of rotatable bonds is 6. The summed E-state index contributed by atoms with van der Waals surface area (Å²) < 4.78 is 0. The molecular formula is C20H18N4O4S. The zero-order chi connectivity index (χ0) is 21.1. The van der Waals surface area contributed by atoms with E-state index in [0.29, 0.717) is 16.3 Å². The summed E-state index contributed by atoms with van der Waals surface area (Å²) in [6, 6.07) is 13.3. The summed E-state index contributed by atoms with van der Waals surface area (Å²) in [4.78, 5) is 42.0. The van der Waals surface area contributed by atoms with Gasteiger partial charge >= 0.3 is 0 Å². The highest BCUT2D eigenvalue weighted by molar-refractivity contribution is 7.18. The monoisotopic (exact) mass is 410 g/mol. The average molecular weight is 410 g/mol. The number of hydrogen-bond donors (Lipinski definition) is 1. The summed E-state index contributed by atoms with van der Waals surface area (Å²) in [6.45, 7) is 1.44. The van der Waals surface area contributed by atoms with Crippen molar-refractivity contribution in [3.8, 4) is 11.3 Å². The van der Waals surface area contributed by atoms with Crippen LogP contribution in [0.3, 0.4) is 0 Å². The molecule has 29 heavy (non-hydrogen) atoms. The molecule has 1 amide bonds. The van der Waals surface area contributed by atoms with Gasteiger partial charge in [0.25, 0.3) is 11.6 Å². The van der Waals surface area contributed by atoms with Crippen LogP contribution in [0.15, 0.2) is 48.5 Å². The normalized spacial score (nSPS) is 10.4. The number of amides is 1. The van der Waals surface area contributed by atoms with E-state index in [2.05, 4.69) is 10.3 Å². The molecule has 0 spiro atoms. The van der Waals surface area contributed by atoms with Gasteiger partial charge in [0.2, 0.25) is 0 Å². The minimum Gasteiger partial charge on any atom is -0.377 e. The maximum atomic E-state index is 12.9. The van der Waals surface area contributed by atoms with Crippen molar-refractivity contribution in [3.05, 3.63) is 69.1 Å². The molecule has 3 rings (SSSR count). The van der Waals surface area contributed by atoms with Crippen LogP contribution in [-0.2, 0) is 0 Å². The topological polar surface area (TPSA) is 105 Å². The molecule has 0 aliphatic heterocycles. The van der Waals surface area contributed by atoms with Crippen molar-refractivity contribution < 1.29 is 14.5 Å². The zero-order valence-electron chi connectivity index (χ0n) is 16.0. The summed E-state index contributed by atoms with van der Waals surface area (Å²) in [7, 11) is 3.48. The number of nitro groups is 1. The van der Waals surface area contributed by atoms with Crippen LogP contribution in [0.2, 0.25) is 0 Å². The molecule has 0 bridgehead atoms. The Kier molecular flexibility index (Phi) is 5.69. The lowest BCUT2D eigenvalue weighted by atomic mass is 10.1. The Labute approximate surface area is 171 Å². The van der Waals surface area contributed by atoms with E-state index in [9.17, 15) is 19.7 Å². The first-order valence-corrected chi connectivity index (χ1v) is 9.44. The Bertz CT molecular complexity index is 1090. The Hall–Kier alpha value is -3.59. The van der Waals surface area contributed by atoms with Crippen LogP contribution >= 0.6 is 11.3 Å². The fourth-order valence-electron chi connectivity index (χ4n) is 2.78. The molecule has 1 N–H and O–H groups in total. The average Bonchev–Trinajstić information content (AvgIpc) is 3.12. The molecule has 0 aliphatic rings. The predicted octanol–water partition coefficient (Wildman–Crippen LogP) is 4.24. The van der Waals surface area contributed by atoms with Gasteiger partial charge in [-0.05, 0) is 6.07 Å². The number of hydrogen-bond acceptors (Lipinski definition) is 7. The van der Waals surface area contributed by atoms with Gasteiger partial charge in [0.15, 0.2) is 10.9 Å². The number of ketones is 1. The number of benzene rings is 2. The minimum atomic E-state index is -0.555. The first-order chi connectivity index (χ1) is 13.8. The maximum absolute atomic E-state index is 12.9. The summed E-state index contributed by atoms with van der Waals surface area (Å²) >= 11 is 1.07. The molecule has 0 atom stereocenters. The van der Waals surface area contributed by atoms with E-state index in [0.717, 1.165) is 16.9 Å². The van der Waals surface area contributed by atoms with Crippen LogP contribution in [0.1, 0.15) is 27.0 Å². The molecule has 9 heteroatoms. The van der Waals surface area contributed by atoms with Gasteiger partial charge in [-0.25, -0.2) is 4.98 Å². The number of non-ortho nitro benzene ring substituents is 1. The van der Waals surface area contributed by atoms with Crippen LogP contribution in [0, 0.1) is 10.1 Å². The lowest BCUT2D eigenvalue weighted by Gasteiger charge is -2.16. The second-order valence-electron chi connectivity index (χ2n) is 6.43. The number of anilines is 2. The van der Waals surface area contributed by atoms with Gasteiger partial charge in [0.05, 0.1) is 21.1 Å². The zero-order valence-corrected chi connectivity index (χ0v) is 16.8. The van der Waals surface area contributed by atoms with Crippen molar-refractivity contribution in [2.24, 2.45) is 0 Å². The van der Waals surface area contributed by atoms with Crippen LogP contribution in [-0.4, -0.2) is 35.7 Å². The highest BCUT2D eigenvalue weighted by Crippen LogP contribution is 2.32. The number of nitrogens with one attached hydrogen (secondary N) is 1. The van der Waals surface area contributed by atoms with Crippen LogP contribution in [0.25, 0.3) is 11.3 Å². The third kappa shape index (κ3) is 4.30. The van der Waals surface area contributed by atoms with E-state index >= 15 is 0 Å². The van der Waals surface area contributed by atoms with Gasteiger partial charge in [-0.2, -0.15) is 0 Å². The van der Waals surface area contributed by atoms with E-state index in [1.807, 2.05) is 30.3 Å². The number of carbonyl (C=O) groups is 2. The molecule has 1 heterocycles. The molecule has 8 nitrogen and oxygen atoms in total. The largest absolute Gasteiger partial charge is 0.377 e. The molecule has 2 aromatic carbocycles. The minimum absolute atomic E-state index is 0.144. The van der Waals surface area contributed by atoms with Gasteiger partial charge in [0, 0.05) is 44.4 Å². The fourth-order valence-corrected chi connectivity index (χ4v) is 3.66. The number of thiazole rings is 1. The second-order valence-corrected chi connectivity index (χ2v) is 7.43. The summed E-state index contributed by atoms with van der Waals surface area (Å²) in [6.07, 6.45) is 0. The molecule has 1 aromatic heterocycles. The van der Waals surface area contributed by atoms with E-state index in [1.165, 1.54) is 25.1 Å². The Morgan fingerprint density at radius 2 is 1.83 bits per heavy atom. The van der Waals surface area contributed by atoms with Crippen molar-refractivity contribution in [2.45, 2.75) is 6.92 Å². The SMILES string of the molecule is CC(=O)c1sc(NC(=O)c2cc([N+](=O)[O-])ccc2N(C)C)nc1-c1ccccc1. The fraction of sp³-hybridized carbons (Fsp3) is 0.150. The summed E-state index contributed by atoms with van der Waals surface area (Å²) in [5.74, 6) is -0.702. The molecule has 0 fully saturated rings. The molecule has 0 unspecified atom stereocenters. The number of aromatic nitrogens is 1. The lowest BCUT2D eigenvalue weighted by molar-refractivity contribution is -0.384. The van der Waals surface area contributed by atoms with Crippen molar-refractivity contribution in [1.82, 2.24) is 4.98 Å². The summed E-state index contributed by atoms with van der Waals surface area (Å²) in [5.41, 5.74) is 1.74. The van der Waals surface area contributed by atoms with Gasteiger partial charge in [-0.3, -0.25) is 25.0 Å². The predicted molar refractivity (Wildman–Crippen MR) is 113 cm³/mol. The maximum Gasteiger partial charge on any atom is 0.270 e. The number of nitrogens with zero attached hydrogens (tertiary/aromatic N) is 3. The molecule has 0 radical (unpaired) electrons. The summed E-state index contributed by atoms with van der Waals surface area (Å²) in [5, 5.41) is 14.0. The number of nitro benzene ring substituents is 1. The third-order valence-electron chi connectivity index (χ3n) is 4.13. The van der Waals surface area contributed by atoms with Gasteiger partial charge in [-0.15, -0.1) is 0 Å². The Morgan fingerprint density at radius 1 is 1.14 bits per heavy atom. The van der Waals surface area contributed by atoms with Crippen molar-refractivity contribution in [3.63, 3.8) is 0 Å². The second kappa shape index (κ2) is 8.19. The first kappa shape index (κ1) is 20.2. The van der Waals surface area contributed by atoms with Gasteiger partial charge < -0.3 is 4.90 Å². The first-order valence-electron chi connectivity index (χ1n) is 8.62. The Morgan fingerprint density at radius 3 is 2.41 bits per heavy atom. The van der Waals surface area contributed by atoms with Crippen LogP contribution in [0.4, 0.5) is 16.5 Å². The molecule has 0 saturated heterocycles. The standard InChI is InChI=1S/C20H18N4O4S/c1-12(25)18-17(13-7-5-4-6-8-13)21-20(29-18)22-19(26)15-11-14(24(27)28)9-10-16(15)23(2)3/h4-11H,1-3H3,(H,21,22,26). The van der Waals surface area contributed by atoms with E-state index < -0.39 is 10.8 Å². The van der Waals surface area contributed by atoms with Crippen molar-refractivity contribution >= 4 is 39.5 Å². The molecule has 148 valence electrons. The van der Waals surface area contributed by atoms with Gasteiger partial charge in [0.1, 0.15) is 0 Å². The lowest BCUT2D eigenvalue weighted by Crippen LogP contribution is -2.18. The van der Waals surface area contributed by atoms with Crippen molar-refractivity contribution in [2.75, 3.05) is 24.3 Å². The smallest absolute Gasteiger partial charge is 0.270 e. The van der Waals surface area contributed by atoms with Gasteiger partial charge in [-0.1, -0.05) is 41.7 Å². The van der Waals surface area contributed by atoms with Crippen LogP contribution in [0.5, 0.6) is 0 Å². The van der Waals surface area contributed by atoms with E-state index in [1.54, 1.807) is 19.0 Å². The van der Waals surface area contributed by atoms with E-state index in [-0.39, 0.29) is 22.2 Å². The quantitative estimate of drug-likeness (QED) is 0.370. The number of Topliss-reactive ketones (excluding diaryl/α,β-unsaturated/α-hetero) is 1. The molecule has 0 saturated carbocycles. The third-order valence-corrected chi connectivity index (χ3v) is 5.20. The van der Waals surface area contributed by atoms with E-state index in [4.69, 9.17) is 0 Å². The Balaban J connectivity index is 1.99. The molecule has 0 aliphatic carbocycles. The van der Waals surface area contributed by atoms with Crippen molar-refractivity contribution in [1.29, 1.82) is 0 Å². The highest BCUT2D eigenvalue weighted by atomic mass is 32.1. The van der Waals surface area contributed by atoms with Crippen LogP contribution < -0.4 is 10.2 Å². The highest BCUT2D eigenvalue weighted by Gasteiger charge is 2.21. The molecular weight excluding hydrogens is 392 g/mol. The number of carbonyl (C=O) groups excluding carboxylic acids is 2. The molecule has 3 aromatic rings.